The minimum Gasteiger partial charge on any atom is -0.497 e. The second-order valence-corrected chi connectivity index (χ2v) is 7.95. The number of para-hydroxylation sites is 1. The summed E-state index contributed by atoms with van der Waals surface area (Å²) in [4.78, 5) is 27.4. The fourth-order valence-electron chi connectivity index (χ4n) is 3.08. The molecule has 0 saturated carbocycles. The maximum absolute atomic E-state index is 13.1. The van der Waals surface area contributed by atoms with Crippen LogP contribution in [0.5, 0.6) is 11.5 Å². The molecular weight excluding hydrogens is 392 g/mol. The topological polar surface area (TPSA) is 67.9 Å². The number of benzene rings is 2. The Labute approximate surface area is 185 Å². The lowest BCUT2D eigenvalue weighted by molar-refractivity contribution is -0.140. The Morgan fingerprint density at radius 1 is 1.00 bits per heavy atom. The van der Waals surface area contributed by atoms with Gasteiger partial charge in [0.25, 0.3) is 0 Å². The summed E-state index contributed by atoms with van der Waals surface area (Å²) in [5.41, 5.74) is 0.914. The lowest BCUT2D eigenvalue weighted by Crippen LogP contribution is -2.48. The summed E-state index contributed by atoms with van der Waals surface area (Å²) >= 11 is 0. The molecule has 0 saturated heterocycles. The third-order valence-corrected chi connectivity index (χ3v) is 4.89. The first-order chi connectivity index (χ1) is 14.9. The Hall–Kier alpha value is -3.02. The zero-order chi connectivity index (χ0) is 22.6. The van der Waals surface area contributed by atoms with Gasteiger partial charge < -0.3 is 19.7 Å². The second kappa shape index (κ2) is 12.6. The average Bonchev–Trinajstić information content (AvgIpc) is 2.78. The molecule has 0 fully saturated rings. The Balaban J connectivity index is 2.02. The molecule has 0 aromatic heterocycles. The van der Waals surface area contributed by atoms with Gasteiger partial charge in [-0.2, -0.15) is 0 Å². The van der Waals surface area contributed by atoms with Crippen LogP contribution in [-0.2, 0) is 16.1 Å². The highest BCUT2D eigenvalue weighted by atomic mass is 16.5. The molecule has 31 heavy (non-hydrogen) atoms. The van der Waals surface area contributed by atoms with E-state index in [4.69, 9.17) is 9.47 Å². The standard InChI is InChI=1S/C25H34N2O4/c1-19(2)17-26-25(29)20(3)27(18-21-10-8-13-23(16-21)30-4)24(28)14-9-15-31-22-11-6-5-7-12-22/h5-8,10-13,16,19-20H,9,14-15,17-18H2,1-4H3,(H,26,29)/t20-/m1/s1. The predicted octanol–water partition coefficient (Wildman–Crippen LogP) is 4.04. The van der Waals surface area contributed by atoms with Crippen LogP contribution in [-0.4, -0.2) is 43.0 Å². The van der Waals surface area contributed by atoms with Gasteiger partial charge in [-0.1, -0.05) is 44.2 Å². The normalized spacial score (nSPS) is 11.6. The Morgan fingerprint density at radius 2 is 1.71 bits per heavy atom. The Bertz CT molecular complexity index is 823. The first kappa shape index (κ1) is 24.3. The van der Waals surface area contributed by atoms with Crippen molar-refractivity contribution in [2.24, 2.45) is 5.92 Å². The second-order valence-electron chi connectivity index (χ2n) is 7.95. The molecule has 0 radical (unpaired) electrons. The first-order valence-corrected chi connectivity index (χ1v) is 10.8. The maximum atomic E-state index is 13.1. The highest BCUT2D eigenvalue weighted by Crippen LogP contribution is 2.17. The van der Waals surface area contributed by atoms with Gasteiger partial charge in [0.2, 0.25) is 11.8 Å². The van der Waals surface area contributed by atoms with Crippen LogP contribution in [0.25, 0.3) is 0 Å². The number of hydrogen-bond acceptors (Lipinski definition) is 4. The van der Waals surface area contributed by atoms with E-state index in [1.807, 2.05) is 68.4 Å². The summed E-state index contributed by atoms with van der Waals surface area (Å²) in [5, 5.41) is 2.93. The van der Waals surface area contributed by atoms with Crippen molar-refractivity contribution in [1.82, 2.24) is 10.2 Å². The van der Waals surface area contributed by atoms with Gasteiger partial charge in [0.15, 0.2) is 0 Å². The number of carbonyl (C=O) groups excluding carboxylic acids is 2. The SMILES string of the molecule is COc1cccc(CN(C(=O)CCCOc2ccccc2)[C@H](C)C(=O)NCC(C)C)c1. The first-order valence-electron chi connectivity index (χ1n) is 10.8. The molecular formula is C25H34N2O4. The smallest absolute Gasteiger partial charge is 0.242 e. The molecule has 0 spiro atoms. The minimum absolute atomic E-state index is 0.0771. The number of hydrogen-bond donors (Lipinski definition) is 1. The third kappa shape index (κ3) is 8.32. The highest BCUT2D eigenvalue weighted by Gasteiger charge is 2.26. The number of ether oxygens (including phenoxy) is 2. The monoisotopic (exact) mass is 426 g/mol. The molecule has 0 aliphatic carbocycles. The minimum atomic E-state index is -0.576. The summed E-state index contributed by atoms with van der Waals surface area (Å²) in [7, 11) is 1.61. The van der Waals surface area contributed by atoms with E-state index >= 15 is 0 Å². The predicted molar refractivity (Wildman–Crippen MR) is 122 cm³/mol. The summed E-state index contributed by atoms with van der Waals surface area (Å²) in [6.07, 6.45) is 0.876. The summed E-state index contributed by atoms with van der Waals surface area (Å²) < 4.78 is 11.0. The van der Waals surface area contributed by atoms with Crippen molar-refractivity contribution in [2.75, 3.05) is 20.3 Å². The molecule has 6 heteroatoms. The molecule has 0 heterocycles. The van der Waals surface area contributed by atoms with Gasteiger partial charge in [-0.15, -0.1) is 0 Å². The number of carbonyl (C=O) groups is 2. The van der Waals surface area contributed by atoms with E-state index in [1.54, 1.807) is 18.9 Å². The number of rotatable bonds is 12. The van der Waals surface area contributed by atoms with Crippen LogP contribution in [0, 0.1) is 5.92 Å². The maximum Gasteiger partial charge on any atom is 0.242 e. The van der Waals surface area contributed by atoms with Gasteiger partial charge in [-0.25, -0.2) is 0 Å². The summed E-state index contributed by atoms with van der Waals surface area (Å²) in [6, 6.07) is 16.5. The van der Waals surface area contributed by atoms with E-state index < -0.39 is 6.04 Å². The van der Waals surface area contributed by atoms with Crippen LogP contribution in [0.15, 0.2) is 54.6 Å². The summed E-state index contributed by atoms with van der Waals surface area (Å²) in [5.74, 6) is 1.62. The van der Waals surface area contributed by atoms with Crippen molar-refractivity contribution >= 4 is 11.8 Å². The van der Waals surface area contributed by atoms with Crippen LogP contribution in [0.2, 0.25) is 0 Å². The molecule has 6 nitrogen and oxygen atoms in total. The van der Waals surface area contributed by atoms with E-state index in [-0.39, 0.29) is 11.8 Å². The lowest BCUT2D eigenvalue weighted by Gasteiger charge is -2.29. The zero-order valence-electron chi connectivity index (χ0n) is 19.0. The van der Waals surface area contributed by atoms with Crippen molar-refractivity contribution in [2.45, 2.75) is 46.2 Å². The van der Waals surface area contributed by atoms with Gasteiger partial charge in [0.1, 0.15) is 17.5 Å². The van der Waals surface area contributed by atoms with Crippen LogP contribution >= 0.6 is 0 Å². The molecule has 0 unspecified atom stereocenters. The largest absolute Gasteiger partial charge is 0.497 e. The van der Waals surface area contributed by atoms with Gasteiger partial charge in [0.05, 0.1) is 13.7 Å². The van der Waals surface area contributed by atoms with Crippen molar-refractivity contribution in [3.05, 3.63) is 60.2 Å². The van der Waals surface area contributed by atoms with Crippen LogP contribution in [0.4, 0.5) is 0 Å². The Morgan fingerprint density at radius 3 is 2.39 bits per heavy atom. The average molecular weight is 427 g/mol. The molecule has 0 aliphatic heterocycles. The van der Waals surface area contributed by atoms with E-state index in [0.29, 0.717) is 38.5 Å². The van der Waals surface area contributed by atoms with E-state index in [1.165, 1.54) is 0 Å². The number of amides is 2. The number of methoxy groups -OCH3 is 1. The molecule has 0 aliphatic rings. The van der Waals surface area contributed by atoms with E-state index in [2.05, 4.69) is 5.32 Å². The number of nitrogens with zero attached hydrogens (tertiary/aromatic N) is 1. The zero-order valence-corrected chi connectivity index (χ0v) is 19.0. The third-order valence-electron chi connectivity index (χ3n) is 4.89. The molecule has 0 bridgehead atoms. The van der Waals surface area contributed by atoms with Crippen molar-refractivity contribution in [1.29, 1.82) is 0 Å². The lowest BCUT2D eigenvalue weighted by atomic mass is 10.1. The van der Waals surface area contributed by atoms with Crippen molar-refractivity contribution in [3.63, 3.8) is 0 Å². The van der Waals surface area contributed by atoms with E-state index in [9.17, 15) is 9.59 Å². The molecule has 1 N–H and O–H groups in total. The van der Waals surface area contributed by atoms with Crippen molar-refractivity contribution in [3.8, 4) is 11.5 Å². The molecule has 168 valence electrons. The molecule has 2 aromatic carbocycles. The summed E-state index contributed by atoms with van der Waals surface area (Å²) in [6.45, 7) is 7.21. The number of nitrogens with one attached hydrogen (secondary N) is 1. The van der Waals surface area contributed by atoms with Gasteiger partial charge in [-0.05, 0) is 49.1 Å². The fourth-order valence-corrected chi connectivity index (χ4v) is 3.08. The molecule has 1 atom stereocenters. The van der Waals surface area contributed by atoms with Crippen molar-refractivity contribution < 1.29 is 19.1 Å². The van der Waals surface area contributed by atoms with Gasteiger partial charge in [-0.3, -0.25) is 9.59 Å². The molecule has 2 aromatic rings. The fraction of sp³-hybridized carbons (Fsp3) is 0.440. The Kier molecular flexibility index (Phi) is 9.88. The molecule has 2 amide bonds. The van der Waals surface area contributed by atoms with Crippen LogP contribution in [0.3, 0.4) is 0 Å². The highest BCUT2D eigenvalue weighted by molar-refractivity contribution is 5.87. The van der Waals surface area contributed by atoms with E-state index in [0.717, 1.165) is 17.1 Å². The van der Waals surface area contributed by atoms with Gasteiger partial charge >= 0.3 is 0 Å². The van der Waals surface area contributed by atoms with Crippen LogP contribution < -0.4 is 14.8 Å². The van der Waals surface area contributed by atoms with Crippen LogP contribution in [0.1, 0.15) is 39.2 Å². The van der Waals surface area contributed by atoms with Gasteiger partial charge in [0, 0.05) is 19.5 Å². The quantitative estimate of drug-likeness (QED) is 0.520. The molecule has 2 rings (SSSR count).